The molecule has 0 radical (unpaired) electrons. The molecule has 35 heavy (non-hydrogen) atoms. The van der Waals surface area contributed by atoms with Gasteiger partial charge in [0.1, 0.15) is 5.82 Å². The van der Waals surface area contributed by atoms with Gasteiger partial charge in [-0.15, -0.1) is 0 Å². The van der Waals surface area contributed by atoms with Crippen molar-refractivity contribution >= 4 is 11.8 Å². The molecule has 4 nitrogen and oxygen atoms in total. The van der Waals surface area contributed by atoms with Gasteiger partial charge in [-0.1, -0.05) is 54.1 Å². The Bertz CT molecular complexity index is 1260. The molecule has 180 valence electrons. The van der Waals surface area contributed by atoms with Gasteiger partial charge in [-0.2, -0.15) is 0 Å². The third-order valence-electron chi connectivity index (χ3n) is 7.66. The first kappa shape index (κ1) is 23.3. The summed E-state index contributed by atoms with van der Waals surface area (Å²) in [5.74, 6) is -0.0998. The van der Waals surface area contributed by atoms with Gasteiger partial charge in [0.15, 0.2) is 0 Å². The molecule has 5 rings (SSSR count). The molecule has 2 heterocycles. The van der Waals surface area contributed by atoms with Gasteiger partial charge in [0.25, 0.3) is 5.91 Å². The normalized spacial score (nSPS) is 17.3. The Morgan fingerprint density at radius 1 is 0.943 bits per heavy atom. The topological polar surface area (TPSA) is 40.6 Å². The van der Waals surface area contributed by atoms with Crippen molar-refractivity contribution in [3.63, 3.8) is 0 Å². The van der Waals surface area contributed by atoms with Gasteiger partial charge in [0, 0.05) is 31.7 Å². The van der Waals surface area contributed by atoms with Crippen LogP contribution >= 0.6 is 0 Å². The van der Waals surface area contributed by atoms with Crippen molar-refractivity contribution in [2.24, 2.45) is 5.41 Å². The summed E-state index contributed by atoms with van der Waals surface area (Å²) in [5, 5.41) is 0. The van der Waals surface area contributed by atoms with E-state index in [1.165, 1.54) is 17.7 Å². The summed E-state index contributed by atoms with van der Waals surface area (Å²) >= 11 is 0. The zero-order valence-electron chi connectivity index (χ0n) is 20.4. The monoisotopic (exact) mass is 470 g/mol. The molecule has 3 aromatic carbocycles. The summed E-state index contributed by atoms with van der Waals surface area (Å²) in [5.41, 5.74) is 5.61. The van der Waals surface area contributed by atoms with Crippen LogP contribution in [0.4, 0.5) is 4.39 Å². The molecule has 1 saturated heterocycles. The highest BCUT2D eigenvalue weighted by Crippen LogP contribution is 2.41. The SMILES string of the molecule is Cc1ccc(C(=O)N2CCC3(CC2)Cc2ccccc2CN(Cc2ccc(F)cc2)C3=O)c(C)c1. The van der Waals surface area contributed by atoms with Crippen LogP contribution in [0.1, 0.15) is 51.0 Å². The van der Waals surface area contributed by atoms with Crippen LogP contribution in [0.3, 0.4) is 0 Å². The summed E-state index contributed by atoms with van der Waals surface area (Å²) in [6, 6.07) is 20.6. The fourth-order valence-corrected chi connectivity index (χ4v) is 5.63. The number of carbonyl (C=O) groups excluding carboxylic acids is 2. The minimum atomic E-state index is -0.536. The number of fused-ring (bicyclic) bond motifs is 1. The molecule has 0 aliphatic carbocycles. The van der Waals surface area contributed by atoms with E-state index in [1.807, 2.05) is 54.0 Å². The number of hydrogen-bond acceptors (Lipinski definition) is 2. The molecule has 5 heteroatoms. The van der Waals surface area contributed by atoms with Crippen LogP contribution in [0.25, 0.3) is 0 Å². The number of hydrogen-bond donors (Lipinski definition) is 0. The smallest absolute Gasteiger partial charge is 0.254 e. The van der Waals surface area contributed by atoms with Gasteiger partial charge in [0.2, 0.25) is 5.91 Å². The van der Waals surface area contributed by atoms with Crippen molar-refractivity contribution in [3.05, 3.63) is 106 Å². The van der Waals surface area contributed by atoms with E-state index in [1.54, 1.807) is 12.1 Å². The van der Waals surface area contributed by atoms with Gasteiger partial charge in [-0.3, -0.25) is 9.59 Å². The summed E-state index contributed by atoms with van der Waals surface area (Å²) in [6.45, 7) is 6.11. The number of piperidine rings is 1. The Labute approximate surface area is 206 Å². The predicted octanol–water partition coefficient (Wildman–Crippen LogP) is 5.45. The second kappa shape index (κ2) is 9.29. The Kier molecular flexibility index (Phi) is 6.18. The van der Waals surface area contributed by atoms with Gasteiger partial charge in [0.05, 0.1) is 5.41 Å². The van der Waals surface area contributed by atoms with Gasteiger partial charge in [-0.05, 0) is 73.6 Å². The van der Waals surface area contributed by atoms with E-state index in [9.17, 15) is 14.0 Å². The molecule has 0 saturated carbocycles. The van der Waals surface area contributed by atoms with Crippen molar-refractivity contribution in [2.75, 3.05) is 13.1 Å². The van der Waals surface area contributed by atoms with Crippen LogP contribution in [0.5, 0.6) is 0 Å². The first-order valence-corrected chi connectivity index (χ1v) is 12.3. The predicted molar refractivity (Wildman–Crippen MR) is 134 cm³/mol. The zero-order chi connectivity index (χ0) is 24.6. The number of likely N-dealkylation sites (tertiary alicyclic amines) is 1. The molecule has 2 aliphatic rings. The largest absolute Gasteiger partial charge is 0.339 e. The maximum absolute atomic E-state index is 14.0. The summed E-state index contributed by atoms with van der Waals surface area (Å²) in [4.78, 5) is 31.1. The maximum atomic E-state index is 14.0. The molecular formula is C30H31FN2O2. The molecule has 0 bridgehead atoms. The molecule has 3 aromatic rings. The van der Waals surface area contributed by atoms with E-state index in [2.05, 4.69) is 12.1 Å². The minimum Gasteiger partial charge on any atom is -0.339 e. The summed E-state index contributed by atoms with van der Waals surface area (Å²) in [6.07, 6.45) is 1.96. The van der Waals surface area contributed by atoms with Crippen molar-refractivity contribution in [1.82, 2.24) is 9.80 Å². The molecule has 0 atom stereocenters. The van der Waals surface area contributed by atoms with Crippen LogP contribution in [-0.4, -0.2) is 34.7 Å². The molecule has 1 fully saturated rings. The Morgan fingerprint density at radius 2 is 1.63 bits per heavy atom. The van der Waals surface area contributed by atoms with Crippen molar-refractivity contribution in [2.45, 2.75) is 46.2 Å². The van der Waals surface area contributed by atoms with E-state index < -0.39 is 5.41 Å². The van der Waals surface area contributed by atoms with E-state index in [-0.39, 0.29) is 17.6 Å². The van der Waals surface area contributed by atoms with E-state index in [4.69, 9.17) is 0 Å². The van der Waals surface area contributed by atoms with Gasteiger partial charge >= 0.3 is 0 Å². The van der Waals surface area contributed by atoms with Crippen LogP contribution in [0.2, 0.25) is 0 Å². The number of nitrogens with zero attached hydrogens (tertiary/aromatic N) is 2. The van der Waals surface area contributed by atoms with Crippen molar-refractivity contribution in [1.29, 1.82) is 0 Å². The lowest BCUT2D eigenvalue weighted by atomic mass is 9.72. The second-order valence-corrected chi connectivity index (χ2v) is 10.1. The number of aryl methyl sites for hydroxylation is 2. The van der Waals surface area contributed by atoms with Crippen LogP contribution < -0.4 is 0 Å². The second-order valence-electron chi connectivity index (χ2n) is 10.1. The quantitative estimate of drug-likeness (QED) is 0.511. The van der Waals surface area contributed by atoms with Crippen LogP contribution in [0, 0.1) is 25.1 Å². The highest BCUT2D eigenvalue weighted by molar-refractivity contribution is 5.96. The fourth-order valence-electron chi connectivity index (χ4n) is 5.63. The van der Waals surface area contributed by atoms with Crippen molar-refractivity contribution in [3.8, 4) is 0 Å². The lowest BCUT2D eigenvalue weighted by Crippen LogP contribution is -2.51. The molecule has 0 N–H and O–H groups in total. The number of amides is 2. The third-order valence-corrected chi connectivity index (χ3v) is 7.66. The zero-order valence-corrected chi connectivity index (χ0v) is 20.4. The number of benzene rings is 3. The Morgan fingerprint density at radius 3 is 2.31 bits per heavy atom. The summed E-state index contributed by atoms with van der Waals surface area (Å²) < 4.78 is 13.4. The fraction of sp³-hybridized carbons (Fsp3) is 0.333. The van der Waals surface area contributed by atoms with Crippen LogP contribution in [-0.2, 0) is 24.3 Å². The number of rotatable bonds is 3. The van der Waals surface area contributed by atoms with Gasteiger partial charge < -0.3 is 9.80 Å². The average Bonchev–Trinajstić information content (AvgIpc) is 2.96. The lowest BCUT2D eigenvalue weighted by Gasteiger charge is -2.42. The van der Waals surface area contributed by atoms with E-state index in [0.717, 1.165) is 27.8 Å². The maximum Gasteiger partial charge on any atom is 0.254 e. The van der Waals surface area contributed by atoms with Gasteiger partial charge in [-0.25, -0.2) is 4.39 Å². The first-order chi connectivity index (χ1) is 16.8. The molecule has 0 aromatic heterocycles. The standard InChI is InChI=1S/C30H31FN2O2/c1-21-7-12-27(22(2)17-21)28(34)32-15-13-30(14-16-32)18-24-5-3-4-6-25(24)20-33(29(30)35)19-23-8-10-26(31)11-9-23/h3-12,17H,13-16,18-20H2,1-2H3. The average molecular weight is 471 g/mol. The van der Waals surface area contributed by atoms with E-state index in [0.29, 0.717) is 45.4 Å². The molecule has 1 spiro atoms. The summed E-state index contributed by atoms with van der Waals surface area (Å²) in [7, 11) is 0. The number of carbonyl (C=O) groups is 2. The van der Waals surface area contributed by atoms with Crippen molar-refractivity contribution < 1.29 is 14.0 Å². The molecule has 0 unspecified atom stereocenters. The highest BCUT2D eigenvalue weighted by atomic mass is 19.1. The molecule has 2 aliphatic heterocycles. The third kappa shape index (κ3) is 4.60. The van der Waals surface area contributed by atoms with E-state index >= 15 is 0 Å². The minimum absolute atomic E-state index is 0.0435. The molecule has 2 amide bonds. The molecular weight excluding hydrogens is 439 g/mol. The Hall–Kier alpha value is -3.47. The number of halogens is 1. The van der Waals surface area contributed by atoms with Crippen LogP contribution in [0.15, 0.2) is 66.7 Å². The first-order valence-electron chi connectivity index (χ1n) is 12.3. The Balaban J connectivity index is 1.40. The lowest BCUT2D eigenvalue weighted by molar-refractivity contribution is -0.145. The highest BCUT2D eigenvalue weighted by Gasteiger charge is 2.46.